The third-order valence-electron chi connectivity index (χ3n) is 2.78. The number of hydrogen-bond acceptors (Lipinski definition) is 2. The summed E-state index contributed by atoms with van der Waals surface area (Å²) in [5.41, 5.74) is 1.54. The maximum atomic E-state index is 12.1. The summed E-state index contributed by atoms with van der Waals surface area (Å²) in [7, 11) is 0. The Morgan fingerprint density at radius 3 is 2.59 bits per heavy atom. The molecule has 0 aliphatic heterocycles. The van der Waals surface area contributed by atoms with Crippen molar-refractivity contribution in [1.29, 1.82) is 0 Å². The third kappa shape index (κ3) is 3.86. The van der Waals surface area contributed by atoms with Crippen molar-refractivity contribution in [3.63, 3.8) is 0 Å². The van der Waals surface area contributed by atoms with Gasteiger partial charge in [-0.2, -0.15) is 0 Å². The Kier molecular flexibility index (Phi) is 4.70. The molecule has 0 aromatic heterocycles. The molecule has 1 aromatic rings. The molecule has 0 spiro atoms. The smallest absolute Gasteiger partial charge is 0.244 e. The van der Waals surface area contributed by atoms with Crippen molar-refractivity contribution in [3.05, 3.63) is 29.8 Å². The number of amides is 1. The van der Waals surface area contributed by atoms with Crippen molar-refractivity contribution < 1.29 is 4.79 Å². The van der Waals surface area contributed by atoms with Crippen LogP contribution in [-0.4, -0.2) is 18.0 Å². The highest BCUT2D eigenvalue weighted by Gasteiger charge is 2.25. The van der Waals surface area contributed by atoms with E-state index in [0.717, 1.165) is 18.7 Å². The second kappa shape index (κ2) is 5.82. The number of hydrogen-bond donors (Lipinski definition) is 2. The van der Waals surface area contributed by atoms with Crippen LogP contribution >= 0.6 is 0 Å². The molecule has 3 nitrogen and oxygen atoms in total. The maximum absolute atomic E-state index is 12.1. The fraction of sp³-hybridized carbons (Fsp3) is 0.500. The van der Waals surface area contributed by atoms with Gasteiger partial charge in [0.15, 0.2) is 0 Å². The Balaban J connectivity index is 2.73. The highest BCUT2D eigenvalue weighted by atomic mass is 16.2. The average molecular weight is 234 g/mol. The van der Waals surface area contributed by atoms with Gasteiger partial charge in [-0.15, -0.1) is 0 Å². The molecule has 0 saturated heterocycles. The lowest BCUT2D eigenvalue weighted by Crippen LogP contribution is -2.49. The van der Waals surface area contributed by atoms with Crippen molar-refractivity contribution >= 4 is 11.6 Å². The van der Waals surface area contributed by atoms with Crippen LogP contribution in [0.1, 0.15) is 33.3 Å². The number of benzene rings is 1. The van der Waals surface area contributed by atoms with Gasteiger partial charge in [-0.25, -0.2) is 0 Å². The van der Waals surface area contributed by atoms with Gasteiger partial charge in [-0.05, 0) is 44.5 Å². The van der Waals surface area contributed by atoms with Gasteiger partial charge in [0.05, 0.1) is 5.54 Å². The fourth-order valence-electron chi connectivity index (χ4n) is 1.68. The van der Waals surface area contributed by atoms with Crippen LogP contribution in [0.3, 0.4) is 0 Å². The Morgan fingerprint density at radius 1 is 1.29 bits per heavy atom. The van der Waals surface area contributed by atoms with E-state index in [0.29, 0.717) is 0 Å². The summed E-state index contributed by atoms with van der Waals surface area (Å²) in [4.78, 5) is 12.1. The SMILES string of the molecule is CCNC(C)(C)C(=O)Nc1cccc(CC)c1. The van der Waals surface area contributed by atoms with E-state index in [1.165, 1.54) is 5.56 Å². The van der Waals surface area contributed by atoms with E-state index in [1.54, 1.807) is 0 Å². The number of likely N-dealkylation sites (N-methyl/N-ethyl adjacent to an activating group) is 1. The summed E-state index contributed by atoms with van der Waals surface area (Å²) in [6.45, 7) is 8.64. The zero-order valence-corrected chi connectivity index (χ0v) is 11.1. The lowest BCUT2D eigenvalue weighted by molar-refractivity contribution is -0.121. The first-order valence-corrected chi connectivity index (χ1v) is 6.15. The zero-order valence-electron chi connectivity index (χ0n) is 11.1. The molecule has 0 heterocycles. The van der Waals surface area contributed by atoms with Crippen LogP contribution in [0.15, 0.2) is 24.3 Å². The van der Waals surface area contributed by atoms with Gasteiger partial charge < -0.3 is 10.6 Å². The first-order chi connectivity index (χ1) is 7.99. The Bertz CT molecular complexity index is 386. The molecule has 0 aliphatic rings. The van der Waals surface area contributed by atoms with E-state index in [-0.39, 0.29) is 5.91 Å². The summed E-state index contributed by atoms with van der Waals surface area (Å²) in [5, 5.41) is 6.10. The van der Waals surface area contributed by atoms with Gasteiger partial charge in [-0.3, -0.25) is 4.79 Å². The second-order valence-corrected chi connectivity index (χ2v) is 4.66. The van der Waals surface area contributed by atoms with Gasteiger partial charge in [0.1, 0.15) is 0 Å². The summed E-state index contributed by atoms with van der Waals surface area (Å²) >= 11 is 0. The van der Waals surface area contributed by atoms with Gasteiger partial charge >= 0.3 is 0 Å². The molecular formula is C14H22N2O. The number of carbonyl (C=O) groups excluding carboxylic acids is 1. The summed E-state index contributed by atoms with van der Waals surface area (Å²) in [6, 6.07) is 7.96. The standard InChI is InChI=1S/C14H22N2O/c1-5-11-8-7-9-12(10-11)16-13(17)14(3,4)15-6-2/h7-10,15H,5-6H2,1-4H3,(H,16,17). The van der Waals surface area contributed by atoms with E-state index in [2.05, 4.69) is 23.6 Å². The molecular weight excluding hydrogens is 212 g/mol. The molecule has 0 saturated carbocycles. The monoisotopic (exact) mass is 234 g/mol. The predicted molar refractivity (Wildman–Crippen MR) is 72.2 cm³/mol. The highest BCUT2D eigenvalue weighted by molar-refractivity contribution is 5.97. The van der Waals surface area contributed by atoms with Crippen LogP contribution in [0.5, 0.6) is 0 Å². The molecule has 94 valence electrons. The largest absolute Gasteiger partial charge is 0.324 e. The minimum atomic E-state index is -0.545. The van der Waals surface area contributed by atoms with E-state index in [4.69, 9.17) is 0 Å². The van der Waals surface area contributed by atoms with Crippen LogP contribution in [0.2, 0.25) is 0 Å². The molecule has 0 radical (unpaired) electrons. The number of aryl methyl sites for hydroxylation is 1. The maximum Gasteiger partial charge on any atom is 0.244 e. The molecule has 17 heavy (non-hydrogen) atoms. The first-order valence-electron chi connectivity index (χ1n) is 6.15. The van der Waals surface area contributed by atoms with Gasteiger partial charge in [0, 0.05) is 5.69 Å². The Hall–Kier alpha value is -1.35. The molecule has 2 N–H and O–H groups in total. The molecule has 0 bridgehead atoms. The minimum absolute atomic E-state index is 0.00685. The van der Waals surface area contributed by atoms with Gasteiger partial charge in [-0.1, -0.05) is 26.0 Å². The fourth-order valence-corrected chi connectivity index (χ4v) is 1.68. The Morgan fingerprint density at radius 2 is 2.00 bits per heavy atom. The van der Waals surface area contributed by atoms with E-state index in [9.17, 15) is 4.79 Å². The molecule has 3 heteroatoms. The quantitative estimate of drug-likeness (QED) is 0.822. The topological polar surface area (TPSA) is 41.1 Å². The third-order valence-corrected chi connectivity index (χ3v) is 2.78. The number of anilines is 1. The minimum Gasteiger partial charge on any atom is -0.324 e. The Labute approximate surface area is 104 Å². The summed E-state index contributed by atoms with van der Waals surface area (Å²) in [6.07, 6.45) is 0.973. The van der Waals surface area contributed by atoms with E-state index < -0.39 is 5.54 Å². The van der Waals surface area contributed by atoms with Crippen LogP contribution in [0, 0.1) is 0 Å². The van der Waals surface area contributed by atoms with Gasteiger partial charge in [0.2, 0.25) is 5.91 Å². The first kappa shape index (κ1) is 13.7. The normalized spacial score (nSPS) is 11.3. The van der Waals surface area contributed by atoms with Crippen LogP contribution in [-0.2, 0) is 11.2 Å². The molecule has 0 fully saturated rings. The lowest BCUT2D eigenvalue weighted by Gasteiger charge is -2.24. The molecule has 0 atom stereocenters. The van der Waals surface area contributed by atoms with Crippen molar-refractivity contribution in [3.8, 4) is 0 Å². The molecule has 1 aromatic carbocycles. The van der Waals surface area contributed by atoms with Crippen LogP contribution in [0.25, 0.3) is 0 Å². The number of carbonyl (C=O) groups is 1. The van der Waals surface area contributed by atoms with Crippen molar-refractivity contribution in [2.75, 3.05) is 11.9 Å². The van der Waals surface area contributed by atoms with Crippen molar-refractivity contribution in [1.82, 2.24) is 5.32 Å². The van der Waals surface area contributed by atoms with Crippen molar-refractivity contribution in [2.24, 2.45) is 0 Å². The zero-order chi connectivity index (χ0) is 12.9. The van der Waals surface area contributed by atoms with E-state index >= 15 is 0 Å². The van der Waals surface area contributed by atoms with E-state index in [1.807, 2.05) is 39.0 Å². The summed E-state index contributed by atoms with van der Waals surface area (Å²) in [5.74, 6) is -0.00685. The molecule has 0 aliphatic carbocycles. The molecule has 1 amide bonds. The van der Waals surface area contributed by atoms with Crippen LogP contribution in [0.4, 0.5) is 5.69 Å². The highest BCUT2D eigenvalue weighted by Crippen LogP contribution is 2.13. The summed E-state index contributed by atoms with van der Waals surface area (Å²) < 4.78 is 0. The predicted octanol–water partition coefficient (Wildman–Crippen LogP) is 2.58. The molecule has 0 unspecified atom stereocenters. The van der Waals surface area contributed by atoms with Crippen LogP contribution < -0.4 is 10.6 Å². The lowest BCUT2D eigenvalue weighted by atomic mass is 10.0. The molecule has 1 rings (SSSR count). The number of rotatable bonds is 5. The second-order valence-electron chi connectivity index (χ2n) is 4.66. The average Bonchev–Trinajstić information content (AvgIpc) is 2.29. The van der Waals surface area contributed by atoms with Crippen molar-refractivity contribution in [2.45, 2.75) is 39.7 Å². The number of nitrogens with one attached hydrogen (secondary N) is 2. The van der Waals surface area contributed by atoms with Gasteiger partial charge in [0.25, 0.3) is 0 Å².